The summed E-state index contributed by atoms with van der Waals surface area (Å²) in [6, 6.07) is 7.73. The number of hydrogen-bond acceptors (Lipinski definition) is 4. The van der Waals surface area contributed by atoms with Crippen molar-refractivity contribution in [2.75, 3.05) is 11.9 Å². The zero-order chi connectivity index (χ0) is 16.1. The minimum atomic E-state index is -0.167. The molecule has 3 N–H and O–H groups in total. The molecule has 0 saturated heterocycles. The summed E-state index contributed by atoms with van der Waals surface area (Å²) in [5.41, 5.74) is 1.82. The smallest absolute Gasteiger partial charge is 0.319 e. The number of benzene rings is 1. The number of nitrogens with zero attached hydrogens (tertiary/aromatic N) is 1. The van der Waals surface area contributed by atoms with E-state index in [2.05, 4.69) is 15.6 Å². The molecule has 2 amide bonds. The van der Waals surface area contributed by atoms with Crippen molar-refractivity contribution in [1.29, 1.82) is 0 Å². The van der Waals surface area contributed by atoms with Crippen LogP contribution in [0.5, 0.6) is 0 Å². The van der Waals surface area contributed by atoms with Gasteiger partial charge in [-0.05, 0) is 55.9 Å². The highest BCUT2D eigenvalue weighted by molar-refractivity contribution is 7.13. The molecule has 1 aliphatic carbocycles. The van der Waals surface area contributed by atoms with Crippen molar-refractivity contribution >= 4 is 23.1 Å². The lowest BCUT2D eigenvalue weighted by molar-refractivity contribution is 0.176. The molecule has 2 aromatic rings. The predicted molar refractivity (Wildman–Crippen MR) is 92.5 cm³/mol. The summed E-state index contributed by atoms with van der Waals surface area (Å²) in [6.45, 7) is 0.254. The van der Waals surface area contributed by atoms with Crippen LogP contribution in [-0.4, -0.2) is 28.8 Å². The van der Waals surface area contributed by atoms with E-state index in [1.54, 1.807) is 17.5 Å². The molecule has 23 heavy (non-hydrogen) atoms. The molecule has 0 radical (unpaired) electrons. The molecule has 1 saturated carbocycles. The molecule has 3 rings (SSSR count). The van der Waals surface area contributed by atoms with Gasteiger partial charge in [-0.25, -0.2) is 9.78 Å². The van der Waals surface area contributed by atoms with Crippen LogP contribution in [0.4, 0.5) is 10.5 Å². The molecule has 6 heteroatoms. The van der Waals surface area contributed by atoms with Gasteiger partial charge in [0.05, 0.1) is 0 Å². The Morgan fingerprint density at radius 1 is 1.22 bits per heavy atom. The number of anilines is 1. The van der Waals surface area contributed by atoms with Crippen molar-refractivity contribution in [2.45, 2.75) is 31.7 Å². The maximum absolute atomic E-state index is 12.1. The van der Waals surface area contributed by atoms with Gasteiger partial charge in [0.1, 0.15) is 5.01 Å². The summed E-state index contributed by atoms with van der Waals surface area (Å²) < 4.78 is 0. The Morgan fingerprint density at radius 3 is 2.57 bits per heavy atom. The summed E-state index contributed by atoms with van der Waals surface area (Å²) in [4.78, 5) is 16.3. The second-order valence-electron chi connectivity index (χ2n) is 5.91. The summed E-state index contributed by atoms with van der Waals surface area (Å²) in [7, 11) is 0. The van der Waals surface area contributed by atoms with Crippen LogP contribution in [0, 0.1) is 5.92 Å². The summed E-state index contributed by atoms with van der Waals surface area (Å²) in [6.07, 6.45) is 5.60. The maximum atomic E-state index is 12.1. The summed E-state index contributed by atoms with van der Waals surface area (Å²) in [5, 5.41) is 17.9. The number of rotatable bonds is 4. The minimum absolute atomic E-state index is 0.167. The third-order valence-electron chi connectivity index (χ3n) is 4.26. The monoisotopic (exact) mass is 331 g/mol. The Kier molecular flexibility index (Phi) is 5.25. The van der Waals surface area contributed by atoms with Crippen LogP contribution in [0.1, 0.15) is 25.7 Å². The lowest BCUT2D eigenvalue weighted by atomic mass is 9.87. The molecule has 122 valence electrons. The fourth-order valence-corrected chi connectivity index (χ4v) is 3.55. The molecular formula is C17H21N3O2S. The van der Waals surface area contributed by atoms with Crippen LogP contribution in [0.2, 0.25) is 0 Å². The molecule has 5 nitrogen and oxygen atoms in total. The van der Waals surface area contributed by atoms with Crippen LogP contribution < -0.4 is 10.6 Å². The van der Waals surface area contributed by atoms with Gasteiger partial charge in [0, 0.05) is 35.5 Å². The normalized spacial score (nSPS) is 20.9. The Labute approximate surface area is 139 Å². The largest absolute Gasteiger partial charge is 0.396 e. The minimum Gasteiger partial charge on any atom is -0.396 e. The third kappa shape index (κ3) is 4.30. The van der Waals surface area contributed by atoms with E-state index in [0.29, 0.717) is 5.92 Å². The lowest BCUT2D eigenvalue weighted by Gasteiger charge is -2.27. The molecule has 0 unspecified atom stereocenters. The molecule has 1 fully saturated rings. The van der Waals surface area contributed by atoms with Crippen molar-refractivity contribution in [3.8, 4) is 10.6 Å². The highest BCUT2D eigenvalue weighted by atomic mass is 32.1. The second kappa shape index (κ2) is 7.57. The molecule has 0 spiro atoms. The van der Waals surface area contributed by atoms with Gasteiger partial charge in [0.2, 0.25) is 0 Å². The van der Waals surface area contributed by atoms with Crippen molar-refractivity contribution in [3.05, 3.63) is 35.8 Å². The third-order valence-corrected chi connectivity index (χ3v) is 5.08. The standard InChI is InChI=1S/C17H21N3O2S/c21-11-12-1-5-14(6-2-12)19-17(22)20-15-7-3-13(4-8-15)16-18-9-10-23-16/h3-4,7-10,12,14,21H,1-2,5-6,11H2,(H2,19,20,22). The van der Waals surface area contributed by atoms with E-state index >= 15 is 0 Å². The van der Waals surface area contributed by atoms with Gasteiger partial charge in [-0.15, -0.1) is 11.3 Å². The number of urea groups is 1. The van der Waals surface area contributed by atoms with E-state index in [9.17, 15) is 4.79 Å². The molecular weight excluding hydrogens is 310 g/mol. The van der Waals surface area contributed by atoms with Crippen molar-refractivity contribution in [2.24, 2.45) is 5.92 Å². The van der Waals surface area contributed by atoms with Gasteiger partial charge < -0.3 is 15.7 Å². The van der Waals surface area contributed by atoms with Crippen LogP contribution in [0.25, 0.3) is 10.6 Å². The van der Waals surface area contributed by atoms with Crippen molar-refractivity contribution < 1.29 is 9.90 Å². The maximum Gasteiger partial charge on any atom is 0.319 e. The summed E-state index contributed by atoms with van der Waals surface area (Å²) in [5.74, 6) is 0.398. The van der Waals surface area contributed by atoms with Crippen molar-refractivity contribution in [3.63, 3.8) is 0 Å². The number of carbonyl (C=O) groups is 1. The highest BCUT2D eigenvalue weighted by Gasteiger charge is 2.21. The first-order valence-electron chi connectivity index (χ1n) is 7.93. The molecule has 1 aliphatic rings. The number of nitrogens with one attached hydrogen (secondary N) is 2. The van der Waals surface area contributed by atoms with Gasteiger partial charge in [-0.2, -0.15) is 0 Å². The van der Waals surface area contributed by atoms with E-state index in [0.717, 1.165) is 41.9 Å². The van der Waals surface area contributed by atoms with Crippen LogP contribution in [0.3, 0.4) is 0 Å². The average Bonchev–Trinajstić information content (AvgIpc) is 3.11. The number of aromatic nitrogens is 1. The highest BCUT2D eigenvalue weighted by Crippen LogP contribution is 2.25. The first-order chi connectivity index (χ1) is 11.2. The molecule has 0 bridgehead atoms. The predicted octanol–water partition coefficient (Wildman–Crippen LogP) is 3.48. The van der Waals surface area contributed by atoms with Gasteiger partial charge in [0.15, 0.2) is 0 Å². The number of aliphatic hydroxyl groups is 1. The van der Waals surface area contributed by atoms with Crippen LogP contribution >= 0.6 is 11.3 Å². The van der Waals surface area contributed by atoms with E-state index in [4.69, 9.17) is 5.11 Å². The Balaban J connectivity index is 1.50. The lowest BCUT2D eigenvalue weighted by Crippen LogP contribution is -2.40. The zero-order valence-electron chi connectivity index (χ0n) is 12.9. The van der Waals surface area contributed by atoms with Gasteiger partial charge in [-0.1, -0.05) is 0 Å². The van der Waals surface area contributed by atoms with E-state index in [1.807, 2.05) is 29.6 Å². The molecule has 0 aliphatic heterocycles. The Bertz CT molecular complexity index is 620. The van der Waals surface area contributed by atoms with Crippen LogP contribution in [0.15, 0.2) is 35.8 Å². The molecule has 0 atom stereocenters. The van der Waals surface area contributed by atoms with E-state index < -0.39 is 0 Å². The topological polar surface area (TPSA) is 74.2 Å². The van der Waals surface area contributed by atoms with E-state index in [1.165, 1.54) is 0 Å². The van der Waals surface area contributed by atoms with Gasteiger partial charge in [0.25, 0.3) is 0 Å². The number of thiazole rings is 1. The fourth-order valence-electron chi connectivity index (χ4n) is 2.90. The SMILES string of the molecule is O=C(Nc1ccc(-c2nccs2)cc1)NC1CCC(CO)CC1. The van der Waals surface area contributed by atoms with E-state index in [-0.39, 0.29) is 18.7 Å². The zero-order valence-corrected chi connectivity index (χ0v) is 13.7. The number of amides is 2. The second-order valence-corrected chi connectivity index (χ2v) is 6.81. The molecule has 1 aromatic heterocycles. The molecule has 1 aromatic carbocycles. The average molecular weight is 331 g/mol. The van der Waals surface area contributed by atoms with Gasteiger partial charge >= 0.3 is 6.03 Å². The number of carbonyl (C=O) groups excluding carboxylic acids is 1. The van der Waals surface area contributed by atoms with Crippen molar-refractivity contribution in [1.82, 2.24) is 10.3 Å². The van der Waals surface area contributed by atoms with Gasteiger partial charge in [-0.3, -0.25) is 0 Å². The molecule has 1 heterocycles. The van der Waals surface area contributed by atoms with Crippen LogP contribution in [-0.2, 0) is 0 Å². The Morgan fingerprint density at radius 2 is 1.96 bits per heavy atom. The summed E-state index contributed by atoms with van der Waals surface area (Å²) >= 11 is 1.59. The first-order valence-corrected chi connectivity index (χ1v) is 8.81. The first kappa shape index (κ1) is 16.0. The number of aliphatic hydroxyl groups excluding tert-OH is 1. The fraction of sp³-hybridized carbons (Fsp3) is 0.412. The Hall–Kier alpha value is -1.92. The quantitative estimate of drug-likeness (QED) is 0.803. The number of hydrogen-bond donors (Lipinski definition) is 3.